The molecule has 57 heavy (non-hydrogen) atoms. The van der Waals surface area contributed by atoms with E-state index in [4.69, 9.17) is 0 Å². The second-order valence-corrected chi connectivity index (χ2v) is 15.0. The Morgan fingerprint density at radius 1 is 0.368 bits per heavy atom. The summed E-state index contributed by atoms with van der Waals surface area (Å²) in [6.07, 6.45) is 7.76. The summed E-state index contributed by atoms with van der Waals surface area (Å²) >= 11 is 0. The highest BCUT2D eigenvalue weighted by atomic mass is 15.0. The van der Waals surface area contributed by atoms with E-state index in [-0.39, 0.29) is 0 Å². The van der Waals surface area contributed by atoms with E-state index in [1.54, 1.807) is 0 Å². The van der Waals surface area contributed by atoms with Gasteiger partial charge in [0.05, 0.1) is 33.7 Å². The largest absolute Gasteiger partial charge is 0.308 e. The molecule has 11 aromatic rings. The van der Waals surface area contributed by atoms with Gasteiger partial charge in [0.2, 0.25) is 0 Å². The predicted molar refractivity (Wildman–Crippen MR) is 233 cm³/mol. The lowest BCUT2D eigenvalue weighted by molar-refractivity contribution is 0.769. The number of aromatic nitrogens is 4. The lowest BCUT2D eigenvalue weighted by atomic mass is 9.67. The lowest BCUT2D eigenvalue weighted by Gasteiger charge is -2.33. The molecule has 0 aliphatic heterocycles. The van der Waals surface area contributed by atoms with Crippen LogP contribution in [0.4, 0.5) is 0 Å². The van der Waals surface area contributed by atoms with Crippen LogP contribution in [0, 0.1) is 0 Å². The second kappa shape index (κ2) is 12.2. The molecule has 0 bridgehead atoms. The minimum atomic E-state index is -0.478. The zero-order valence-electron chi connectivity index (χ0n) is 30.9. The molecule has 0 fully saturated rings. The number of pyridine rings is 2. The molecule has 1 aliphatic rings. The van der Waals surface area contributed by atoms with Crippen LogP contribution < -0.4 is 0 Å². The minimum Gasteiger partial charge on any atom is -0.308 e. The number of hydrogen-bond donors (Lipinski definition) is 0. The molecule has 0 saturated carbocycles. The quantitative estimate of drug-likeness (QED) is 0.177. The summed E-state index contributed by atoms with van der Waals surface area (Å²) in [4.78, 5) is 9.09. The third-order valence-electron chi connectivity index (χ3n) is 12.2. The first-order chi connectivity index (χ1) is 28.3. The number of para-hydroxylation sites is 1. The highest BCUT2D eigenvalue weighted by molar-refractivity contribution is 6.16. The molecule has 7 aromatic carbocycles. The molecular formula is C53H34N4. The van der Waals surface area contributed by atoms with Gasteiger partial charge in [-0.3, -0.25) is 9.97 Å². The molecule has 4 heteroatoms. The maximum atomic E-state index is 4.63. The van der Waals surface area contributed by atoms with Crippen molar-refractivity contribution in [3.8, 4) is 33.6 Å². The maximum absolute atomic E-state index is 4.63. The van der Waals surface area contributed by atoms with E-state index in [1.807, 2.05) is 24.8 Å². The fourth-order valence-corrected chi connectivity index (χ4v) is 9.84. The Kier molecular flexibility index (Phi) is 6.81. The third-order valence-corrected chi connectivity index (χ3v) is 12.2. The van der Waals surface area contributed by atoms with E-state index in [2.05, 4.69) is 201 Å². The van der Waals surface area contributed by atoms with Crippen molar-refractivity contribution < 1.29 is 0 Å². The Hall–Kier alpha value is -7.56. The van der Waals surface area contributed by atoms with Crippen molar-refractivity contribution in [2.75, 3.05) is 0 Å². The number of nitrogens with zero attached hydrogens (tertiary/aromatic N) is 4. The van der Waals surface area contributed by atoms with E-state index < -0.39 is 5.41 Å². The van der Waals surface area contributed by atoms with Crippen LogP contribution >= 0.6 is 0 Å². The van der Waals surface area contributed by atoms with Crippen molar-refractivity contribution in [2.45, 2.75) is 5.41 Å². The first-order valence-corrected chi connectivity index (χ1v) is 19.5. The molecule has 0 radical (unpaired) electrons. The molecule has 4 nitrogen and oxygen atoms in total. The van der Waals surface area contributed by atoms with Gasteiger partial charge in [-0.15, -0.1) is 0 Å². The first kappa shape index (κ1) is 31.8. The van der Waals surface area contributed by atoms with Crippen LogP contribution in [-0.2, 0) is 5.41 Å². The van der Waals surface area contributed by atoms with E-state index >= 15 is 0 Å². The average molecular weight is 727 g/mol. The summed E-state index contributed by atoms with van der Waals surface area (Å²) in [6, 6.07) is 66.5. The zero-order chi connectivity index (χ0) is 37.5. The molecule has 0 spiro atoms. The lowest BCUT2D eigenvalue weighted by Crippen LogP contribution is -2.28. The van der Waals surface area contributed by atoms with E-state index in [0.717, 1.165) is 27.8 Å². The summed E-state index contributed by atoms with van der Waals surface area (Å²) < 4.78 is 4.76. The van der Waals surface area contributed by atoms with Crippen molar-refractivity contribution in [3.05, 3.63) is 229 Å². The molecule has 0 atom stereocenters. The zero-order valence-corrected chi connectivity index (χ0v) is 30.9. The van der Waals surface area contributed by atoms with Gasteiger partial charge in [0.25, 0.3) is 0 Å². The first-order valence-electron chi connectivity index (χ1n) is 19.5. The summed E-state index contributed by atoms with van der Waals surface area (Å²) in [5.41, 5.74) is 16.4. The molecule has 0 unspecified atom stereocenters. The number of fused-ring (bicyclic) bond motifs is 10. The Morgan fingerprint density at radius 3 is 1.68 bits per heavy atom. The van der Waals surface area contributed by atoms with Gasteiger partial charge < -0.3 is 9.13 Å². The molecule has 266 valence electrons. The van der Waals surface area contributed by atoms with Crippen LogP contribution in [0.2, 0.25) is 0 Å². The van der Waals surface area contributed by atoms with Crippen LogP contribution in [0.25, 0.3) is 77.2 Å². The molecule has 1 aliphatic carbocycles. The fourth-order valence-electron chi connectivity index (χ4n) is 9.84. The van der Waals surface area contributed by atoms with Gasteiger partial charge in [0.1, 0.15) is 0 Å². The summed E-state index contributed by atoms with van der Waals surface area (Å²) in [5, 5.41) is 4.78. The van der Waals surface area contributed by atoms with Crippen LogP contribution in [0.1, 0.15) is 22.3 Å². The number of rotatable bonds is 5. The fraction of sp³-hybridized carbons (Fsp3) is 0.0189. The van der Waals surface area contributed by atoms with Gasteiger partial charge in [0.15, 0.2) is 0 Å². The van der Waals surface area contributed by atoms with Gasteiger partial charge in [-0.1, -0.05) is 140 Å². The third kappa shape index (κ3) is 4.44. The normalized spacial score (nSPS) is 13.1. The molecule has 0 N–H and O–H groups in total. The van der Waals surface area contributed by atoms with E-state index in [1.165, 1.54) is 71.7 Å². The number of hydrogen-bond acceptors (Lipinski definition) is 2. The Morgan fingerprint density at radius 2 is 0.947 bits per heavy atom. The Balaban J connectivity index is 1.03. The monoisotopic (exact) mass is 726 g/mol. The summed E-state index contributed by atoms with van der Waals surface area (Å²) in [7, 11) is 0. The van der Waals surface area contributed by atoms with Crippen molar-refractivity contribution in [1.29, 1.82) is 0 Å². The van der Waals surface area contributed by atoms with Gasteiger partial charge in [0, 0.05) is 57.1 Å². The molecule has 0 amide bonds. The summed E-state index contributed by atoms with van der Waals surface area (Å²) in [5.74, 6) is 0. The predicted octanol–water partition coefficient (Wildman–Crippen LogP) is 12.7. The van der Waals surface area contributed by atoms with Gasteiger partial charge in [-0.2, -0.15) is 0 Å². The smallest absolute Gasteiger partial charge is 0.0724 e. The van der Waals surface area contributed by atoms with Crippen LogP contribution in [0.5, 0.6) is 0 Å². The van der Waals surface area contributed by atoms with Crippen LogP contribution in [0.3, 0.4) is 0 Å². The van der Waals surface area contributed by atoms with Gasteiger partial charge in [-0.25, -0.2) is 0 Å². The van der Waals surface area contributed by atoms with E-state index in [0.29, 0.717) is 0 Å². The van der Waals surface area contributed by atoms with Crippen LogP contribution in [0.15, 0.2) is 207 Å². The maximum Gasteiger partial charge on any atom is 0.0724 e. The second-order valence-electron chi connectivity index (χ2n) is 15.0. The molecule has 4 aromatic heterocycles. The SMILES string of the molecule is c1ccc(C2(c3ccccc3)c3ccccc3-c3c2ccc2c4cnccc4n(-c4ccc(-c5ccc(-n6c7ccccc7c7ccncc76)cc5)cc4)c32)cc1. The standard InChI is InChI=1S/C53H34N4/c1-3-11-37(12-4-1)53(38-13-5-2-6-14-38)46-17-9-7-16-44(46)51-47(53)28-27-43-45-33-54-32-30-49(45)57(52(43)51)40-25-21-36(22-26-40)35-19-23-39(24-20-35)56-48-18-10-8-15-41(48)42-29-31-55-34-50(42)56/h1-34H. The van der Waals surface area contributed by atoms with E-state index in [9.17, 15) is 0 Å². The van der Waals surface area contributed by atoms with Crippen molar-refractivity contribution in [2.24, 2.45) is 0 Å². The van der Waals surface area contributed by atoms with Crippen molar-refractivity contribution in [3.63, 3.8) is 0 Å². The minimum absolute atomic E-state index is 0.478. The highest BCUT2D eigenvalue weighted by Gasteiger charge is 2.47. The molecular weight excluding hydrogens is 693 g/mol. The Bertz CT molecular complexity index is 3230. The molecule has 0 saturated heterocycles. The van der Waals surface area contributed by atoms with Crippen molar-refractivity contribution >= 4 is 43.6 Å². The average Bonchev–Trinajstić information content (AvgIpc) is 3.92. The molecule has 12 rings (SSSR count). The van der Waals surface area contributed by atoms with Gasteiger partial charge in [-0.05, 0) is 81.4 Å². The topological polar surface area (TPSA) is 35.6 Å². The van der Waals surface area contributed by atoms with Crippen LogP contribution in [-0.4, -0.2) is 19.1 Å². The van der Waals surface area contributed by atoms with Crippen molar-refractivity contribution in [1.82, 2.24) is 19.1 Å². The molecule has 4 heterocycles. The van der Waals surface area contributed by atoms with Gasteiger partial charge >= 0.3 is 0 Å². The summed E-state index contributed by atoms with van der Waals surface area (Å²) in [6.45, 7) is 0. The number of benzene rings is 7. The highest BCUT2D eigenvalue weighted by Crippen LogP contribution is 2.58. The Labute approximate surface area is 329 Å².